The van der Waals surface area contributed by atoms with Crippen LogP contribution >= 0.6 is 0 Å². The number of carbonyl (C=O) groups is 1. The summed E-state index contributed by atoms with van der Waals surface area (Å²) in [5.74, 6) is 0.370. The number of nitrogens with one attached hydrogen (secondary N) is 1. The highest BCUT2D eigenvalue weighted by atomic mass is 16.3. The van der Waals surface area contributed by atoms with Crippen molar-refractivity contribution < 1.29 is 15.0 Å². The highest BCUT2D eigenvalue weighted by Crippen LogP contribution is 1.98. The summed E-state index contributed by atoms with van der Waals surface area (Å²) < 4.78 is 0. The van der Waals surface area contributed by atoms with Gasteiger partial charge < -0.3 is 15.5 Å². The van der Waals surface area contributed by atoms with E-state index in [0.717, 1.165) is 12.8 Å². The second-order valence-corrected chi connectivity index (χ2v) is 5.16. The molecule has 0 aromatic rings. The quantitative estimate of drug-likeness (QED) is 0.262. The first-order valence-corrected chi connectivity index (χ1v) is 7.07. The van der Waals surface area contributed by atoms with Gasteiger partial charge in [0.15, 0.2) is 0 Å². The number of hydrogen-bond donors (Lipinski definition) is 3. The first kappa shape index (κ1) is 18.6. The number of unbranched alkanes of at least 4 members (excludes halogenated alkanes) is 1. The molecule has 4 heteroatoms. The predicted octanol–water partition coefficient (Wildman–Crippen LogP) is 1.95. The van der Waals surface area contributed by atoms with Crippen LogP contribution in [0.1, 0.15) is 33.6 Å². The Morgan fingerprint density at radius 2 is 1.75 bits per heavy atom. The molecular formula is C16H27NO3. The van der Waals surface area contributed by atoms with Gasteiger partial charge in [0.05, 0.1) is 12.2 Å². The molecular weight excluding hydrogens is 254 g/mol. The van der Waals surface area contributed by atoms with Crippen LogP contribution in [0.5, 0.6) is 0 Å². The molecule has 0 aliphatic rings. The molecule has 0 aromatic heterocycles. The van der Waals surface area contributed by atoms with Gasteiger partial charge in [0.2, 0.25) is 5.91 Å². The average molecular weight is 281 g/mol. The fourth-order valence-electron chi connectivity index (χ4n) is 1.27. The molecule has 0 aliphatic heterocycles. The molecule has 4 nitrogen and oxygen atoms in total. The van der Waals surface area contributed by atoms with Crippen molar-refractivity contribution in [3.8, 4) is 0 Å². The molecule has 0 saturated carbocycles. The van der Waals surface area contributed by atoms with Gasteiger partial charge in [-0.15, -0.1) is 0 Å². The van der Waals surface area contributed by atoms with E-state index in [-0.39, 0.29) is 5.91 Å². The van der Waals surface area contributed by atoms with Gasteiger partial charge in [0.1, 0.15) is 0 Å². The van der Waals surface area contributed by atoms with Crippen LogP contribution in [0.25, 0.3) is 0 Å². The van der Waals surface area contributed by atoms with Crippen molar-refractivity contribution in [2.24, 2.45) is 5.92 Å². The van der Waals surface area contributed by atoms with Gasteiger partial charge >= 0.3 is 0 Å². The van der Waals surface area contributed by atoms with Crippen molar-refractivity contribution >= 4 is 5.91 Å². The van der Waals surface area contributed by atoms with Gasteiger partial charge in [-0.3, -0.25) is 4.79 Å². The Bertz CT molecular complexity index is 344. The minimum atomic E-state index is -0.802. The fourth-order valence-corrected chi connectivity index (χ4v) is 1.27. The topological polar surface area (TPSA) is 69.6 Å². The molecule has 0 rings (SSSR count). The number of aliphatic hydroxyl groups is 2. The van der Waals surface area contributed by atoms with Crippen LogP contribution < -0.4 is 5.32 Å². The number of amides is 1. The van der Waals surface area contributed by atoms with Crippen LogP contribution in [0.3, 0.4) is 0 Å². The Hall–Kier alpha value is -1.39. The van der Waals surface area contributed by atoms with Crippen LogP contribution in [0.4, 0.5) is 0 Å². The molecule has 2 atom stereocenters. The van der Waals surface area contributed by atoms with Crippen LogP contribution in [0, 0.1) is 5.92 Å². The van der Waals surface area contributed by atoms with Crippen LogP contribution in [-0.2, 0) is 4.79 Å². The Balaban J connectivity index is 3.73. The third kappa shape index (κ3) is 11.7. The van der Waals surface area contributed by atoms with E-state index < -0.39 is 12.2 Å². The molecule has 0 bridgehead atoms. The molecule has 0 fully saturated rings. The summed E-state index contributed by atoms with van der Waals surface area (Å²) in [5, 5.41) is 21.2. The van der Waals surface area contributed by atoms with Crippen LogP contribution in [-0.4, -0.2) is 34.9 Å². The van der Waals surface area contributed by atoms with Gasteiger partial charge in [-0.1, -0.05) is 44.2 Å². The summed E-state index contributed by atoms with van der Waals surface area (Å²) in [6, 6.07) is 0. The maximum Gasteiger partial charge on any atom is 0.243 e. The van der Waals surface area contributed by atoms with Gasteiger partial charge in [-0.2, -0.15) is 0 Å². The molecule has 0 aliphatic carbocycles. The van der Waals surface area contributed by atoms with E-state index in [9.17, 15) is 9.90 Å². The Morgan fingerprint density at radius 1 is 1.10 bits per heavy atom. The summed E-state index contributed by atoms with van der Waals surface area (Å²) in [6.07, 6.45) is 10.5. The normalized spacial score (nSPS) is 15.5. The van der Waals surface area contributed by atoms with Gasteiger partial charge in [0, 0.05) is 12.6 Å². The number of aliphatic hydroxyl groups excluding tert-OH is 2. The molecule has 0 spiro atoms. The summed E-state index contributed by atoms with van der Waals surface area (Å²) in [4.78, 5) is 11.3. The molecule has 2 unspecified atom stereocenters. The third-order valence-electron chi connectivity index (χ3n) is 2.51. The maximum absolute atomic E-state index is 11.3. The standard InChI is InChI=1S/C16H27NO3/c1-13(2)12-17-16(20)11-9-7-5-4-6-8-10-15(19)14(3)18/h5,7-11,13-15,18-19H,4,6,12H2,1-3H3,(H,17,20). The van der Waals surface area contributed by atoms with Crippen molar-refractivity contribution in [3.05, 3.63) is 36.5 Å². The van der Waals surface area contributed by atoms with Crippen molar-refractivity contribution in [1.29, 1.82) is 0 Å². The third-order valence-corrected chi connectivity index (χ3v) is 2.51. The first-order valence-electron chi connectivity index (χ1n) is 7.07. The zero-order valence-corrected chi connectivity index (χ0v) is 12.6. The molecule has 0 heterocycles. The Kier molecular flexibility index (Phi) is 10.6. The summed E-state index contributed by atoms with van der Waals surface area (Å²) >= 11 is 0. The highest BCUT2D eigenvalue weighted by Gasteiger charge is 2.04. The monoisotopic (exact) mass is 281 g/mol. The van der Waals surface area contributed by atoms with Gasteiger partial charge in [-0.25, -0.2) is 0 Å². The second-order valence-electron chi connectivity index (χ2n) is 5.16. The number of hydrogen-bond acceptors (Lipinski definition) is 3. The molecule has 1 amide bonds. The van der Waals surface area contributed by atoms with E-state index in [1.807, 2.05) is 32.1 Å². The largest absolute Gasteiger partial charge is 0.390 e. The number of rotatable bonds is 9. The average Bonchev–Trinajstić information content (AvgIpc) is 2.38. The highest BCUT2D eigenvalue weighted by molar-refractivity contribution is 5.87. The Labute approximate surface area is 121 Å². The van der Waals surface area contributed by atoms with E-state index in [1.165, 1.54) is 6.08 Å². The zero-order chi connectivity index (χ0) is 15.4. The lowest BCUT2D eigenvalue weighted by Crippen LogP contribution is -2.25. The molecule has 0 saturated heterocycles. The maximum atomic E-state index is 11.3. The minimum Gasteiger partial charge on any atom is -0.390 e. The molecule has 0 aromatic carbocycles. The van der Waals surface area contributed by atoms with Gasteiger partial charge in [0.25, 0.3) is 0 Å². The number of carbonyl (C=O) groups excluding carboxylic acids is 1. The molecule has 0 radical (unpaired) electrons. The predicted molar refractivity (Wildman–Crippen MR) is 82.2 cm³/mol. The fraction of sp³-hybridized carbons (Fsp3) is 0.562. The lowest BCUT2D eigenvalue weighted by molar-refractivity contribution is -0.116. The van der Waals surface area contributed by atoms with Crippen molar-refractivity contribution in [2.45, 2.75) is 45.8 Å². The number of allylic oxidation sites excluding steroid dienone is 4. The van der Waals surface area contributed by atoms with Gasteiger partial charge in [-0.05, 0) is 25.7 Å². The summed E-state index contributed by atoms with van der Waals surface area (Å²) in [7, 11) is 0. The SMILES string of the molecule is CC(C)CNC(=O)C=CC=CCCC=CC(O)C(C)O. The molecule has 114 valence electrons. The van der Waals surface area contributed by atoms with E-state index in [1.54, 1.807) is 19.1 Å². The smallest absolute Gasteiger partial charge is 0.243 e. The minimum absolute atomic E-state index is 0.0803. The van der Waals surface area contributed by atoms with E-state index in [2.05, 4.69) is 5.32 Å². The lowest BCUT2D eigenvalue weighted by Gasteiger charge is -2.07. The van der Waals surface area contributed by atoms with Crippen molar-refractivity contribution in [2.75, 3.05) is 6.54 Å². The van der Waals surface area contributed by atoms with Crippen LogP contribution in [0.2, 0.25) is 0 Å². The van der Waals surface area contributed by atoms with E-state index in [4.69, 9.17) is 5.11 Å². The molecule has 3 N–H and O–H groups in total. The Morgan fingerprint density at radius 3 is 2.35 bits per heavy atom. The first-order chi connectivity index (χ1) is 9.43. The lowest BCUT2D eigenvalue weighted by atomic mass is 10.2. The van der Waals surface area contributed by atoms with Crippen molar-refractivity contribution in [3.63, 3.8) is 0 Å². The zero-order valence-electron chi connectivity index (χ0n) is 12.6. The van der Waals surface area contributed by atoms with Crippen molar-refractivity contribution in [1.82, 2.24) is 5.32 Å². The summed E-state index contributed by atoms with van der Waals surface area (Å²) in [5.41, 5.74) is 0. The second kappa shape index (κ2) is 11.4. The molecule has 20 heavy (non-hydrogen) atoms. The van der Waals surface area contributed by atoms with E-state index >= 15 is 0 Å². The van der Waals surface area contributed by atoms with E-state index in [0.29, 0.717) is 12.5 Å². The van der Waals surface area contributed by atoms with Crippen LogP contribution in [0.15, 0.2) is 36.5 Å². The summed E-state index contributed by atoms with van der Waals surface area (Å²) in [6.45, 7) is 6.32.